The third kappa shape index (κ3) is 7.28. The summed E-state index contributed by atoms with van der Waals surface area (Å²) in [6.07, 6.45) is 1.34. The van der Waals surface area contributed by atoms with Gasteiger partial charge in [0.1, 0.15) is 6.04 Å². The third-order valence-electron chi connectivity index (χ3n) is 5.58. The summed E-state index contributed by atoms with van der Waals surface area (Å²) in [6, 6.07) is 2.57. The minimum atomic E-state index is -0.992. The number of ether oxygens (including phenoxy) is 1. The van der Waals surface area contributed by atoms with E-state index >= 15 is 0 Å². The summed E-state index contributed by atoms with van der Waals surface area (Å²) in [5.74, 6) is -3.24. The van der Waals surface area contributed by atoms with Crippen LogP contribution in [0.4, 0.5) is 8.78 Å². The van der Waals surface area contributed by atoms with Crippen LogP contribution >= 0.6 is 0 Å². The Bertz CT molecular complexity index is 836. The standard InChI is InChI=1S/C24H34F2N2O4/c1-15(2)22(23(31)32-12-11-24(3,4)5)27-19(29)13-17-9-10-20(30)28(17)14-16-7-6-8-18(25)21(16)26/h6-8,15,17,22H,9-14H2,1-5H3,(H,27,29)/t17-,22-/m0/s1. The smallest absolute Gasteiger partial charge is 0.328 e. The van der Waals surface area contributed by atoms with Gasteiger partial charge in [0, 0.05) is 31.0 Å². The molecule has 1 saturated heterocycles. The Kier molecular flexibility index (Phi) is 8.75. The molecule has 32 heavy (non-hydrogen) atoms. The van der Waals surface area contributed by atoms with E-state index in [1.165, 1.54) is 17.0 Å². The molecule has 178 valence electrons. The molecule has 1 aliphatic heterocycles. The van der Waals surface area contributed by atoms with Crippen molar-refractivity contribution < 1.29 is 27.9 Å². The van der Waals surface area contributed by atoms with Crippen LogP contribution in [0.1, 0.15) is 65.9 Å². The molecule has 6 nitrogen and oxygen atoms in total. The molecule has 0 bridgehead atoms. The highest BCUT2D eigenvalue weighted by molar-refractivity contribution is 5.86. The second-order valence-corrected chi connectivity index (χ2v) is 9.90. The molecule has 1 heterocycles. The number of esters is 1. The molecule has 2 rings (SSSR count). The zero-order valence-corrected chi connectivity index (χ0v) is 19.5. The lowest BCUT2D eigenvalue weighted by atomic mass is 9.93. The Morgan fingerprint density at radius 1 is 1.25 bits per heavy atom. The highest BCUT2D eigenvalue weighted by Crippen LogP contribution is 2.25. The highest BCUT2D eigenvalue weighted by atomic mass is 19.2. The fourth-order valence-corrected chi connectivity index (χ4v) is 3.57. The molecule has 0 radical (unpaired) electrons. The largest absolute Gasteiger partial charge is 0.464 e. The minimum Gasteiger partial charge on any atom is -0.464 e. The van der Waals surface area contributed by atoms with Crippen LogP contribution in [0, 0.1) is 23.0 Å². The van der Waals surface area contributed by atoms with Crippen LogP contribution in [0.2, 0.25) is 0 Å². The SMILES string of the molecule is CC(C)[C@H](NC(=O)C[C@@H]1CCC(=O)N1Cc1cccc(F)c1F)C(=O)OCCC(C)(C)C. The maximum atomic E-state index is 14.1. The average molecular weight is 453 g/mol. The normalized spacial score (nSPS) is 17.6. The molecular weight excluding hydrogens is 418 g/mol. The Labute approximate surface area is 188 Å². The lowest BCUT2D eigenvalue weighted by Crippen LogP contribution is -2.47. The van der Waals surface area contributed by atoms with E-state index in [4.69, 9.17) is 4.74 Å². The summed E-state index contributed by atoms with van der Waals surface area (Å²) in [5, 5.41) is 2.72. The first-order chi connectivity index (χ1) is 14.9. The first kappa shape index (κ1) is 25.7. The second kappa shape index (κ2) is 10.9. The van der Waals surface area contributed by atoms with Gasteiger partial charge in [-0.2, -0.15) is 0 Å². The van der Waals surface area contributed by atoms with Gasteiger partial charge in [-0.3, -0.25) is 9.59 Å². The second-order valence-electron chi connectivity index (χ2n) is 9.90. The van der Waals surface area contributed by atoms with Crippen molar-refractivity contribution in [1.29, 1.82) is 0 Å². The Morgan fingerprint density at radius 2 is 1.94 bits per heavy atom. The Morgan fingerprint density at radius 3 is 2.56 bits per heavy atom. The lowest BCUT2D eigenvalue weighted by molar-refractivity contribution is -0.150. The monoisotopic (exact) mass is 452 g/mol. The fourth-order valence-electron chi connectivity index (χ4n) is 3.57. The summed E-state index contributed by atoms with van der Waals surface area (Å²) < 4.78 is 32.9. The average Bonchev–Trinajstić information content (AvgIpc) is 3.01. The predicted octanol–water partition coefficient (Wildman–Crippen LogP) is 3.97. The summed E-state index contributed by atoms with van der Waals surface area (Å²) in [5.41, 5.74) is 0.0874. The van der Waals surface area contributed by atoms with Crippen molar-refractivity contribution >= 4 is 17.8 Å². The van der Waals surface area contributed by atoms with Crippen LogP contribution < -0.4 is 5.32 Å². The van der Waals surface area contributed by atoms with Crippen LogP contribution in [0.25, 0.3) is 0 Å². The number of rotatable bonds is 9. The zero-order chi connectivity index (χ0) is 24.1. The van der Waals surface area contributed by atoms with Crippen molar-refractivity contribution in [3.05, 3.63) is 35.4 Å². The molecule has 2 atom stereocenters. The van der Waals surface area contributed by atoms with Gasteiger partial charge in [0.15, 0.2) is 11.6 Å². The summed E-state index contributed by atoms with van der Waals surface area (Å²) in [4.78, 5) is 38.9. The minimum absolute atomic E-state index is 0.0243. The van der Waals surface area contributed by atoms with Gasteiger partial charge in [-0.05, 0) is 30.2 Å². The van der Waals surface area contributed by atoms with E-state index in [1.54, 1.807) is 0 Å². The van der Waals surface area contributed by atoms with E-state index in [0.29, 0.717) is 12.8 Å². The van der Waals surface area contributed by atoms with Gasteiger partial charge < -0.3 is 15.0 Å². The Balaban J connectivity index is 1.98. The van der Waals surface area contributed by atoms with Gasteiger partial charge in [0.2, 0.25) is 11.8 Å². The molecular formula is C24H34F2N2O4. The maximum Gasteiger partial charge on any atom is 0.328 e. The molecule has 0 spiro atoms. The molecule has 0 aliphatic carbocycles. The molecule has 1 fully saturated rings. The van der Waals surface area contributed by atoms with Crippen molar-refractivity contribution in [2.75, 3.05) is 6.61 Å². The number of likely N-dealkylation sites (tertiary alicyclic amines) is 1. The number of benzene rings is 1. The molecule has 0 aromatic heterocycles. The number of amides is 2. The lowest BCUT2D eigenvalue weighted by Gasteiger charge is -2.27. The summed E-state index contributed by atoms with van der Waals surface area (Å²) in [7, 11) is 0. The number of carbonyl (C=O) groups excluding carboxylic acids is 3. The van der Waals surface area contributed by atoms with Crippen LogP contribution in [0.3, 0.4) is 0 Å². The first-order valence-electron chi connectivity index (χ1n) is 11.1. The topological polar surface area (TPSA) is 75.7 Å². The van der Waals surface area contributed by atoms with Gasteiger partial charge in [0.05, 0.1) is 6.61 Å². The maximum absolute atomic E-state index is 14.1. The number of nitrogens with one attached hydrogen (secondary N) is 1. The van der Waals surface area contributed by atoms with Crippen molar-refractivity contribution in [3.63, 3.8) is 0 Å². The van der Waals surface area contributed by atoms with Crippen molar-refractivity contribution in [1.82, 2.24) is 10.2 Å². The summed E-state index contributed by atoms with van der Waals surface area (Å²) >= 11 is 0. The van der Waals surface area contributed by atoms with E-state index in [-0.39, 0.29) is 54.7 Å². The zero-order valence-electron chi connectivity index (χ0n) is 19.5. The molecule has 1 aromatic carbocycles. The van der Waals surface area contributed by atoms with Gasteiger partial charge >= 0.3 is 5.97 Å². The van der Waals surface area contributed by atoms with Gasteiger partial charge in [0.25, 0.3) is 0 Å². The molecule has 0 saturated carbocycles. The molecule has 0 unspecified atom stereocenters. The first-order valence-corrected chi connectivity index (χ1v) is 11.1. The van der Waals surface area contributed by atoms with Crippen molar-refractivity contribution in [3.8, 4) is 0 Å². The van der Waals surface area contributed by atoms with E-state index < -0.39 is 29.7 Å². The van der Waals surface area contributed by atoms with Gasteiger partial charge in [-0.1, -0.05) is 46.8 Å². The van der Waals surface area contributed by atoms with Crippen LogP contribution in [0.5, 0.6) is 0 Å². The Hall–Kier alpha value is -2.51. The molecule has 8 heteroatoms. The van der Waals surface area contributed by atoms with Gasteiger partial charge in [-0.15, -0.1) is 0 Å². The number of halogens is 2. The fraction of sp³-hybridized carbons (Fsp3) is 0.625. The predicted molar refractivity (Wildman–Crippen MR) is 116 cm³/mol. The number of carbonyl (C=O) groups is 3. The van der Waals surface area contributed by atoms with Crippen LogP contribution in [-0.4, -0.2) is 41.4 Å². The highest BCUT2D eigenvalue weighted by Gasteiger charge is 2.34. The molecule has 2 amide bonds. The quantitative estimate of drug-likeness (QED) is 0.576. The molecule has 1 N–H and O–H groups in total. The van der Waals surface area contributed by atoms with E-state index in [1.807, 2.05) is 34.6 Å². The van der Waals surface area contributed by atoms with Gasteiger partial charge in [-0.25, -0.2) is 13.6 Å². The molecule has 1 aromatic rings. The van der Waals surface area contributed by atoms with Crippen molar-refractivity contribution in [2.45, 2.75) is 78.9 Å². The number of hydrogen-bond donors (Lipinski definition) is 1. The van der Waals surface area contributed by atoms with E-state index in [9.17, 15) is 23.2 Å². The number of nitrogens with zero attached hydrogens (tertiary/aromatic N) is 1. The van der Waals surface area contributed by atoms with E-state index in [2.05, 4.69) is 5.32 Å². The van der Waals surface area contributed by atoms with Crippen LogP contribution in [-0.2, 0) is 25.7 Å². The molecule has 1 aliphatic rings. The van der Waals surface area contributed by atoms with E-state index in [0.717, 1.165) is 6.07 Å². The number of hydrogen-bond acceptors (Lipinski definition) is 4. The third-order valence-corrected chi connectivity index (χ3v) is 5.58. The summed E-state index contributed by atoms with van der Waals surface area (Å²) in [6.45, 7) is 9.93. The van der Waals surface area contributed by atoms with Crippen LogP contribution in [0.15, 0.2) is 18.2 Å². The van der Waals surface area contributed by atoms with Crippen molar-refractivity contribution in [2.24, 2.45) is 11.3 Å².